The highest BCUT2D eigenvalue weighted by molar-refractivity contribution is 7.89. The molecule has 0 atom stereocenters. The molecule has 0 amide bonds. The van der Waals surface area contributed by atoms with Crippen LogP contribution in [0.2, 0.25) is 0 Å². The van der Waals surface area contributed by atoms with E-state index in [-0.39, 0.29) is 4.90 Å². The number of hydrogen-bond donors (Lipinski definition) is 1. The van der Waals surface area contributed by atoms with Crippen molar-refractivity contribution >= 4 is 21.6 Å². The van der Waals surface area contributed by atoms with Crippen molar-refractivity contribution in [1.29, 1.82) is 0 Å². The van der Waals surface area contributed by atoms with Gasteiger partial charge in [0, 0.05) is 10.9 Å². The van der Waals surface area contributed by atoms with E-state index in [1.165, 1.54) is 23.7 Å². The second-order valence-corrected chi connectivity index (χ2v) is 5.03. The molecule has 0 aliphatic carbocycles. The lowest BCUT2D eigenvalue weighted by molar-refractivity contribution is 0.598. The summed E-state index contributed by atoms with van der Waals surface area (Å²) in [6.45, 7) is 0. The second-order valence-electron chi connectivity index (χ2n) is 2.86. The van der Waals surface area contributed by atoms with E-state index in [1.54, 1.807) is 17.5 Å². The van der Waals surface area contributed by atoms with Gasteiger partial charge < -0.3 is 0 Å². The lowest BCUT2D eigenvalue weighted by Crippen LogP contribution is -2.11. The van der Waals surface area contributed by atoms with Crippen LogP contribution in [0.3, 0.4) is 0 Å². The Balaban J connectivity index is 2.42. The first-order chi connectivity index (χ1) is 7.07. The summed E-state index contributed by atoms with van der Waals surface area (Å²) in [5.41, 5.74) is 1.54. The molecule has 2 aromatic rings. The smallest absolute Gasteiger partial charge is 0.225 e. The van der Waals surface area contributed by atoms with Crippen molar-refractivity contribution in [2.24, 2.45) is 5.14 Å². The summed E-state index contributed by atoms with van der Waals surface area (Å²) >= 11 is 1.24. The maximum absolute atomic E-state index is 11.0. The SMILES string of the molecule is NS(=O)(=O)c1ccc(-c2csnn2)cc1. The molecule has 1 heterocycles. The Kier molecular flexibility index (Phi) is 2.51. The maximum atomic E-state index is 11.0. The Hall–Kier alpha value is -1.31. The number of rotatable bonds is 2. The van der Waals surface area contributed by atoms with Gasteiger partial charge in [-0.25, -0.2) is 13.6 Å². The first-order valence-corrected chi connectivity index (χ1v) is 6.36. The number of hydrogen-bond acceptors (Lipinski definition) is 5. The third-order valence-corrected chi connectivity index (χ3v) is 3.27. The molecule has 2 rings (SSSR count). The van der Waals surface area contributed by atoms with E-state index < -0.39 is 10.0 Å². The zero-order valence-corrected chi connectivity index (χ0v) is 9.12. The minimum atomic E-state index is -3.62. The maximum Gasteiger partial charge on any atom is 0.238 e. The standard InChI is InChI=1S/C8H7N3O2S2/c9-15(12,13)7-3-1-6(2-4-7)8-5-14-11-10-8/h1-5H,(H2,9,12,13). The van der Waals surface area contributed by atoms with Gasteiger partial charge in [-0.05, 0) is 23.7 Å². The fourth-order valence-electron chi connectivity index (χ4n) is 1.11. The molecule has 0 unspecified atom stereocenters. The molecule has 0 saturated carbocycles. The van der Waals surface area contributed by atoms with Crippen molar-refractivity contribution in [2.45, 2.75) is 4.90 Å². The molecular weight excluding hydrogens is 234 g/mol. The van der Waals surface area contributed by atoms with Crippen LogP contribution in [-0.4, -0.2) is 18.0 Å². The summed E-state index contributed by atoms with van der Waals surface area (Å²) in [4.78, 5) is 0.0921. The van der Waals surface area contributed by atoms with Crippen LogP contribution in [0.4, 0.5) is 0 Å². The molecule has 7 heteroatoms. The van der Waals surface area contributed by atoms with E-state index >= 15 is 0 Å². The largest absolute Gasteiger partial charge is 0.238 e. The predicted molar refractivity (Wildman–Crippen MR) is 56.7 cm³/mol. The number of aromatic nitrogens is 2. The van der Waals surface area contributed by atoms with Crippen LogP contribution in [-0.2, 0) is 10.0 Å². The van der Waals surface area contributed by atoms with Crippen molar-refractivity contribution in [3.63, 3.8) is 0 Å². The quantitative estimate of drug-likeness (QED) is 0.844. The molecule has 0 spiro atoms. The Bertz CT molecular complexity index is 546. The van der Waals surface area contributed by atoms with Crippen LogP contribution >= 0.6 is 11.5 Å². The van der Waals surface area contributed by atoms with Crippen molar-refractivity contribution < 1.29 is 8.42 Å². The van der Waals surface area contributed by atoms with Crippen molar-refractivity contribution in [1.82, 2.24) is 9.59 Å². The summed E-state index contributed by atoms with van der Waals surface area (Å²) in [7, 11) is -3.62. The van der Waals surface area contributed by atoms with E-state index in [1.807, 2.05) is 0 Å². The summed E-state index contributed by atoms with van der Waals surface area (Å²) in [6.07, 6.45) is 0. The van der Waals surface area contributed by atoms with E-state index in [0.29, 0.717) is 0 Å². The van der Waals surface area contributed by atoms with Crippen molar-refractivity contribution in [3.8, 4) is 11.3 Å². The van der Waals surface area contributed by atoms with Gasteiger partial charge in [-0.1, -0.05) is 16.6 Å². The monoisotopic (exact) mass is 241 g/mol. The number of sulfonamides is 1. The van der Waals surface area contributed by atoms with Crippen molar-refractivity contribution in [2.75, 3.05) is 0 Å². The molecule has 0 fully saturated rings. The van der Waals surface area contributed by atoms with E-state index in [9.17, 15) is 8.42 Å². The average Bonchev–Trinajstić information content (AvgIpc) is 2.69. The summed E-state index contributed by atoms with van der Waals surface area (Å²) < 4.78 is 25.7. The van der Waals surface area contributed by atoms with Gasteiger partial charge in [0.15, 0.2) is 0 Å². The lowest BCUT2D eigenvalue weighted by Gasteiger charge is -1.99. The Morgan fingerprint density at radius 3 is 2.33 bits per heavy atom. The fraction of sp³-hybridized carbons (Fsp3) is 0. The second kappa shape index (κ2) is 3.69. The fourth-order valence-corrected chi connectivity index (χ4v) is 2.09. The third-order valence-electron chi connectivity index (χ3n) is 1.84. The number of benzene rings is 1. The van der Waals surface area contributed by atoms with Crippen LogP contribution in [0, 0.1) is 0 Å². The molecule has 1 aromatic heterocycles. The molecule has 2 N–H and O–H groups in total. The molecule has 0 aliphatic rings. The van der Waals surface area contributed by atoms with Gasteiger partial charge in [0.05, 0.1) is 4.90 Å². The minimum Gasteiger partial charge on any atom is -0.225 e. The van der Waals surface area contributed by atoms with E-state index in [0.717, 1.165) is 11.3 Å². The van der Waals surface area contributed by atoms with E-state index in [2.05, 4.69) is 9.59 Å². The van der Waals surface area contributed by atoms with Crippen LogP contribution < -0.4 is 5.14 Å². The molecular formula is C8H7N3O2S2. The van der Waals surface area contributed by atoms with Crippen LogP contribution in [0.15, 0.2) is 34.5 Å². The topological polar surface area (TPSA) is 85.9 Å². The van der Waals surface area contributed by atoms with Gasteiger partial charge in [-0.2, -0.15) is 0 Å². The number of primary sulfonamides is 1. The van der Waals surface area contributed by atoms with Crippen LogP contribution in [0.5, 0.6) is 0 Å². The van der Waals surface area contributed by atoms with Crippen molar-refractivity contribution in [3.05, 3.63) is 29.6 Å². The van der Waals surface area contributed by atoms with Gasteiger partial charge in [0.1, 0.15) is 5.69 Å². The van der Waals surface area contributed by atoms with Gasteiger partial charge in [0.2, 0.25) is 10.0 Å². The Morgan fingerprint density at radius 2 is 1.87 bits per heavy atom. The summed E-state index contributed by atoms with van der Waals surface area (Å²) in [5.74, 6) is 0. The molecule has 1 aromatic carbocycles. The zero-order chi connectivity index (χ0) is 10.9. The van der Waals surface area contributed by atoms with Gasteiger partial charge in [0.25, 0.3) is 0 Å². The van der Waals surface area contributed by atoms with Gasteiger partial charge in [-0.15, -0.1) is 5.10 Å². The Labute approximate surface area is 90.8 Å². The van der Waals surface area contributed by atoms with E-state index in [4.69, 9.17) is 5.14 Å². The number of nitrogens with zero attached hydrogens (tertiary/aromatic N) is 2. The lowest BCUT2D eigenvalue weighted by atomic mass is 10.2. The molecule has 15 heavy (non-hydrogen) atoms. The number of nitrogens with two attached hydrogens (primary N) is 1. The molecule has 0 aliphatic heterocycles. The first kappa shape index (κ1) is 10.2. The highest BCUT2D eigenvalue weighted by Crippen LogP contribution is 2.19. The highest BCUT2D eigenvalue weighted by atomic mass is 32.2. The summed E-state index contributed by atoms with van der Waals surface area (Å²) in [6, 6.07) is 6.20. The Morgan fingerprint density at radius 1 is 1.20 bits per heavy atom. The molecule has 0 bridgehead atoms. The normalized spacial score (nSPS) is 11.5. The molecule has 5 nitrogen and oxygen atoms in total. The minimum absolute atomic E-state index is 0.0921. The van der Waals surface area contributed by atoms with Crippen LogP contribution in [0.1, 0.15) is 0 Å². The zero-order valence-electron chi connectivity index (χ0n) is 7.49. The predicted octanol–water partition coefficient (Wildman–Crippen LogP) is 0.853. The van der Waals surface area contributed by atoms with Gasteiger partial charge in [-0.3, -0.25) is 0 Å². The molecule has 0 saturated heterocycles. The highest BCUT2D eigenvalue weighted by Gasteiger charge is 2.07. The van der Waals surface area contributed by atoms with Gasteiger partial charge >= 0.3 is 0 Å². The first-order valence-electron chi connectivity index (χ1n) is 3.98. The summed E-state index contributed by atoms with van der Waals surface area (Å²) in [5, 5.41) is 10.6. The molecule has 78 valence electrons. The molecule has 0 radical (unpaired) electrons. The van der Waals surface area contributed by atoms with Crippen LogP contribution in [0.25, 0.3) is 11.3 Å². The average molecular weight is 241 g/mol. The third kappa shape index (κ3) is 2.20.